The van der Waals surface area contributed by atoms with Crippen LogP contribution in [-0.4, -0.2) is 34.4 Å². The van der Waals surface area contributed by atoms with E-state index in [9.17, 15) is 36.4 Å². The van der Waals surface area contributed by atoms with E-state index in [0.29, 0.717) is 16.8 Å². The average molecular weight is 507 g/mol. The SMILES string of the molecule is CCOCC(=O)Nc1c(SC(F)(F)F)c(C#N)nn1-c1c(Cl)cc(C(F)(F)F)cc1Cl. The van der Waals surface area contributed by atoms with Gasteiger partial charge in [0.1, 0.15) is 18.4 Å². The number of benzene rings is 1. The Morgan fingerprint density at radius 3 is 2.29 bits per heavy atom. The summed E-state index contributed by atoms with van der Waals surface area (Å²) in [4.78, 5) is 11.3. The van der Waals surface area contributed by atoms with Crippen molar-refractivity contribution in [2.45, 2.75) is 23.5 Å². The molecule has 1 heterocycles. The number of nitrogens with one attached hydrogen (secondary N) is 1. The Labute approximate surface area is 185 Å². The number of carbonyl (C=O) groups is 1. The first-order chi connectivity index (χ1) is 14.3. The topological polar surface area (TPSA) is 79.9 Å². The van der Waals surface area contributed by atoms with Crippen LogP contribution in [0.5, 0.6) is 0 Å². The van der Waals surface area contributed by atoms with Crippen molar-refractivity contribution in [1.82, 2.24) is 9.78 Å². The number of rotatable bonds is 6. The van der Waals surface area contributed by atoms with E-state index < -0.39 is 73.7 Å². The zero-order valence-corrected chi connectivity index (χ0v) is 17.5. The molecule has 1 aromatic carbocycles. The van der Waals surface area contributed by atoms with Gasteiger partial charge in [0.25, 0.3) is 5.91 Å². The zero-order chi connectivity index (χ0) is 23.6. The van der Waals surface area contributed by atoms with Crippen molar-refractivity contribution in [2.24, 2.45) is 0 Å². The molecule has 0 radical (unpaired) electrons. The van der Waals surface area contributed by atoms with Crippen LogP contribution in [0.3, 0.4) is 0 Å². The first-order valence-electron chi connectivity index (χ1n) is 8.01. The highest BCUT2D eigenvalue weighted by Gasteiger charge is 2.37. The van der Waals surface area contributed by atoms with Crippen LogP contribution < -0.4 is 5.32 Å². The molecule has 2 rings (SSSR count). The minimum Gasteiger partial charge on any atom is -0.372 e. The van der Waals surface area contributed by atoms with Gasteiger partial charge in [-0.2, -0.15) is 36.7 Å². The predicted octanol–water partition coefficient (Wildman–Crippen LogP) is 5.66. The summed E-state index contributed by atoms with van der Waals surface area (Å²) in [6.07, 6.45) is -4.81. The maximum Gasteiger partial charge on any atom is 0.446 e. The molecule has 6 nitrogen and oxygen atoms in total. The van der Waals surface area contributed by atoms with Gasteiger partial charge in [0.05, 0.1) is 20.5 Å². The van der Waals surface area contributed by atoms with Crippen molar-refractivity contribution in [3.63, 3.8) is 0 Å². The summed E-state index contributed by atoms with van der Waals surface area (Å²) >= 11 is 11.1. The van der Waals surface area contributed by atoms with Crippen molar-refractivity contribution in [2.75, 3.05) is 18.5 Å². The average Bonchev–Trinajstić information content (AvgIpc) is 2.94. The van der Waals surface area contributed by atoms with Crippen molar-refractivity contribution >= 4 is 46.7 Å². The molecule has 168 valence electrons. The molecule has 0 unspecified atom stereocenters. The van der Waals surface area contributed by atoms with Crippen molar-refractivity contribution in [1.29, 1.82) is 5.26 Å². The molecule has 0 aliphatic heterocycles. The number of aromatic nitrogens is 2. The lowest BCUT2D eigenvalue weighted by Crippen LogP contribution is -2.21. The number of anilines is 1. The summed E-state index contributed by atoms with van der Waals surface area (Å²) in [5, 5.41) is 13.7. The van der Waals surface area contributed by atoms with E-state index in [1.807, 2.05) is 0 Å². The number of hydrogen-bond donors (Lipinski definition) is 1. The summed E-state index contributed by atoms with van der Waals surface area (Å²) in [5.41, 5.74) is -7.33. The first kappa shape index (κ1) is 25.1. The van der Waals surface area contributed by atoms with Crippen LogP contribution in [0.4, 0.5) is 32.2 Å². The Balaban J connectivity index is 2.72. The van der Waals surface area contributed by atoms with Crippen molar-refractivity contribution < 1.29 is 35.9 Å². The Hall–Kier alpha value is -2.14. The second-order valence-corrected chi connectivity index (χ2v) is 7.46. The minimum atomic E-state index is -4.88. The third kappa shape index (κ3) is 6.19. The molecule has 31 heavy (non-hydrogen) atoms. The van der Waals surface area contributed by atoms with Crippen LogP contribution in [-0.2, 0) is 15.7 Å². The molecule has 0 aliphatic rings. The summed E-state index contributed by atoms with van der Waals surface area (Å²) in [7, 11) is 0. The monoisotopic (exact) mass is 506 g/mol. The highest BCUT2D eigenvalue weighted by molar-refractivity contribution is 8.00. The largest absolute Gasteiger partial charge is 0.446 e. The minimum absolute atomic E-state index is 0.122. The highest BCUT2D eigenvalue weighted by atomic mass is 35.5. The number of hydrogen-bond acceptors (Lipinski definition) is 5. The van der Waals surface area contributed by atoms with Gasteiger partial charge in [0, 0.05) is 6.61 Å². The number of nitriles is 1. The predicted molar refractivity (Wildman–Crippen MR) is 100 cm³/mol. The van der Waals surface area contributed by atoms with Gasteiger partial charge < -0.3 is 10.1 Å². The van der Waals surface area contributed by atoms with Gasteiger partial charge in [0.2, 0.25) is 0 Å². The number of carbonyl (C=O) groups excluding carboxylic acids is 1. The number of thioether (sulfide) groups is 1. The summed E-state index contributed by atoms with van der Waals surface area (Å²) in [6, 6.07) is 2.41. The summed E-state index contributed by atoms with van der Waals surface area (Å²) in [6.45, 7) is 1.14. The van der Waals surface area contributed by atoms with Gasteiger partial charge in [-0.1, -0.05) is 23.2 Å². The molecule has 0 saturated carbocycles. The quantitative estimate of drug-likeness (QED) is 0.404. The molecule has 0 aliphatic carbocycles. The van der Waals surface area contributed by atoms with Crippen LogP contribution in [0, 0.1) is 11.3 Å². The maximum atomic E-state index is 13.0. The maximum absolute atomic E-state index is 13.0. The van der Waals surface area contributed by atoms with Crippen LogP contribution in [0.2, 0.25) is 10.0 Å². The van der Waals surface area contributed by atoms with Gasteiger partial charge in [-0.05, 0) is 30.8 Å². The Morgan fingerprint density at radius 1 is 1.26 bits per heavy atom. The van der Waals surface area contributed by atoms with E-state index in [1.165, 1.54) is 6.07 Å². The molecule has 0 bridgehead atoms. The molecule has 2 aromatic rings. The third-order valence-corrected chi connectivity index (χ3v) is 4.82. The van der Waals surface area contributed by atoms with Crippen LogP contribution in [0.15, 0.2) is 17.0 Å². The number of halogens is 8. The zero-order valence-electron chi connectivity index (χ0n) is 15.2. The fraction of sp³-hybridized carbons (Fsp3) is 0.312. The Kier molecular flexibility index (Phi) is 7.75. The second kappa shape index (κ2) is 9.56. The molecule has 15 heteroatoms. The Bertz CT molecular complexity index is 1010. The molecule has 1 aromatic heterocycles. The van der Waals surface area contributed by atoms with E-state index in [0.717, 1.165) is 0 Å². The lowest BCUT2D eigenvalue weighted by atomic mass is 10.2. The number of alkyl halides is 6. The summed E-state index contributed by atoms with van der Waals surface area (Å²) < 4.78 is 83.5. The van der Waals surface area contributed by atoms with Crippen molar-refractivity contribution in [3.05, 3.63) is 33.4 Å². The molecular formula is C16H10Cl2F6N4O2S. The molecule has 0 saturated heterocycles. The lowest BCUT2D eigenvalue weighted by molar-refractivity contribution is -0.137. The molecule has 1 N–H and O–H groups in total. The normalized spacial score (nSPS) is 12.0. The van der Waals surface area contributed by atoms with Crippen LogP contribution in [0.25, 0.3) is 5.69 Å². The standard InChI is InChI=1S/C16H10Cl2F6N4O2S/c1-2-30-6-11(29)26-14-13(31-16(22,23)24)10(5-25)27-28(14)12-8(17)3-7(4-9(12)18)15(19,20)21/h3-4H,2,6H2,1H3,(H,26,29). The number of ether oxygens (including phenoxy) is 1. The fourth-order valence-corrected chi connectivity index (χ4v) is 3.55. The van der Waals surface area contributed by atoms with Gasteiger partial charge >= 0.3 is 11.7 Å². The summed E-state index contributed by atoms with van der Waals surface area (Å²) in [5.74, 6) is -1.57. The first-order valence-corrected chi connectivity index (χ1v) is 9.58. The van der Waals surface area contributed by atoms with Gasteiger partial charge in [-0.3, -0.25) is 4.79 Å². The second-order valence-electron chi connectivity index (χ2n) is 5.57. The molecule has 0 atom stereocenters. The molecule has 1 amide bonds. The van der Waals surface area contributed by atoms with E-state index in [4.69, 9.17) is 27.9 Å². The molecular weight excluding hydrogens is 497 g/mol. The van der Waals surface area contributed by atoms with Gasteiger partial charge in [-0.25, -0.2) is 4.68 Å². The van der Waals surface area contributed by atoms with Crippen LogP contribution in [0.1, 0.15) is 18.2 Å². The van der Waals surface area contributed by atoms with E-state index in [-0.39, 0.29) is 6.61 Å². The third-order valence-electron chi connectivity index (χ3n) is 3.42. The lowest BCUT2D eigenvalue weighted by Gasteiger charge is -2.15. The number of nitrogens with zero attached hydrogens (tertiary/aromatic N) is 3. The number of amides is 1. The molecule has 0 spiro atoms. The van der Waals surface area contributed by atoms with E-state index in [2.05, 4.69) is 10.4 Å². The Morgan fingerprint density at radius 2 is 1.84 bits per heavy atom. The van der Waals surface area contributed by atoms with E-state index in [1.54, 1.807) is 6.92 Å². The fourth-order valence-electron chi connectivity index (χ4n) is 2.26. The van der Waals surface area contributed by atoms with Crippen LogP contribution >= 0.6 is 35.0 Å². The van der Waals surface area contributed by atoms with E-state index >= 15 is 0 Å². The van der Waals surface area contributed by atoms with Crippen molar-refractivity contribution in [3.8, 4) is 11.8 Å². The molecule has 0 fully saturated rings. The van der Waals surface area contributed by atoms with Gasteiger partial charge in [0.15, 0.2) is 11.5 Å². The highest BCUT2D eigenvalue weighted by Crippen LogP contribution is 2.45. The smallest absolute Gasteiger partial charge is 0.372 e. The van der Waals surface area contributed by atoms with Gasteiger partial charge in [-0.15, -0.1) is 0 Å².